The van der Waals surface area contributed by atoms with Gasteiger partial charge in [-0.25, -0.2) is 12.7 Å². The highest BCUT2D eigenvalue weighted by molar-refractivity contribution is 7.89. The Labute approximate surface area is 147 Å². The summed E-state index contributed by atoms with van der Waals surface area (Å²) in [6.07, 6.45) is 0.956. The van der Waals surface area contributed by atoms with E-state index in [0.29, 0.717) is 10.8 Å². The highest BCUT2D eigenvalue weighted by atomic mass is 32.2. The Morgan fingerprint density at radius 3 is 2.43 bits per heavy atom. The molecule has 4 N–H and O–H groups in total. The van der Waals surface area contributed by atoms with E-state index in [1.165, 1.54) is 26.2 Å². The second kappa shape index (κ2) is 8.96. The maximum Gasteiger partial charge on any atom is 0.242 e. The number of benzene rings is 1. The van der Waals surface area contributed by atoms with Gasteiger partial charge in [0.05, 0.1) is 4.90 Å². The van der Waals surface area contributed by atoms with Gasteiger partial charge in [-0.05, 0) is 49.1 Å². The van der Waals surface area contributed by atoms with E-state index in [1.807, 2.05) is 6.92 Å². The first-order chi connectivity index (χ1) is 10.8. The monoisotopic (exact) mass is 375 g/mol. The van der Waals surface area contributed by atoms with E-state index in [9.17, 15) is 8.42 Å². The van der Waals surface area contributed by atoms with E-state index in [4.69, 9.17) is 24.4 Å². The van der Waals surface area contributed by atoms with Gasteiger partial charge in [0.25, 0.3) is 0 Å². The van der Waals surface area contributed by atoms with Gasteiger partial charge < -0.3 is 10.6 Å². The predicted octanol–water partition coefficient (Wildman–Crippen LogP) is 1.01. The van der Waals surface area contributed by atoms with Crippen molar-refractivity contribution in [3.63, 3.8) is 0 Å². The number of hydrogen-bond donors (Lipinski definition) is 4. The lowest BCUT2D eigenvalue weighted by Gasteiger charge is -2.15. The van der Waals surface area contributed by atoms with E-state index in [1.54, 1.807) is 12.1 Å². The van der Waals surface area contributed by atoms with Crippen LogP contribution in [0.5, 0.6) is 0 Å². The van der Waals surface area contributed by atoms with Gasteiger partial charge in [0, 0.05) is 26.3 Å². The molecule has 1 aromatic rings. The number of sulfonamides is 1. The Morgan fingerprint density at radius 1 is 1.17 bits per heavy atom. The maximum absolute atomic E-state index is 12.1. The molecule has 1 rings (SSSR count). The van der Waals surface area contributed by atoms with Crippen LogP contribution in [0.2, 0.25) is 0 Å². The minimum atomic E-state index is -3.49. The van der Waals surface area contributed by atoms with Gasteiger partial charge in [0.1, 0.15) is 0 Å². The molecule has 0 aromatic heterocycles. The normalized spacial score (nSPS) is 11.0. The second-order valence-electron chi connectivity index (χ2n) is 4.78. The third-order valence-corrected chi connectivity index (χ3v) is 4.96. The lowest BCUT2D eigenvalue weighted by Crippen LogP contribution is -2.48. The zero-order valence-corrected chi connectivity index (χ0v) is 15.7. The summed E-state index contributed by atoms with van der Waals surface area (Å²) in [7, 11) is -0.524. The molecule has 0 unspecified atom stereocenters. The van der Waals surface area contributed by atoms with Gasteiger partial charge in [-0.2, -0.15) is 0 Å². The van der Waals surface area contributed by atoms with Gasteiger partial charge in [-0.1, -0.05) is 13.0 Å². The van der Waals surface area contributed by atoms with E-state index in [0.717, 1.165) is 17.3 Å². The lowest BCUT2D eigenvalue weighted by molar-refractivity contribution is 0.521. The average molecular weight is 376 g/mol. The van der Waals surface area contributed by atoms with Crippen LogP contribution in [0.4, 0.5) is 5.69 Å². The van der Waals surface area contributed by atoms with Gasteiger partial charge in [-0.3, -0.25) is 10.9 Å². The highest BCUT2D eigenvalue weighted by Crippen LogP contribution is 2.17. The van der Waals surface area contributed by atoms with Crippen molar-refractivity contribution in [2.75, 3.05) is 26.0 Å². The van der Waals surface area contributed by atoms with Crippen molar-refractivity contribution < 1.29 is 8.42 Å². The Balaban J connectivity index is 2.64. The van der Waals surface area contributed by atoms with Gasteiger partial charge in [-0.15, -0.1) is 0 Å². The first-order valence-corrected chi connectivity index (χ1v) is 9.16. The first kappa shape index (κ1) is 19.6. The molecule has 23 heavy (non-hydrogen) atoms. The lowest BCUT2D eigenvalue weighted by atomic mass is 10.3. The summed E-state index contributed by atoms with van der Waals surface area (Å²) in [6, 6.07) is 6.40. The zero-order chi connectivity index (χ0) is 17.5. The zero-order valence-electron chi connectivity index (χ0n) is 13.2. The standard InChI is InChI=1S/C13H21N5O2S3/c1-4-8-14-12(21)16-17-13(22)15-10-6-5-7-11(9-10)23(19,20)18(2)3/h5-7,9H,4,8H2,1-3H3,(H2,14,16,21)(H2,15,17,22). The number of rotatable bonds is 5. The molecule has 0 heterocycles. The predicted molar refractivity (Wildman–Crippen MR) is 101 cm³/mol. The second-order valence-corrected chi connectivity index (χ2v) is 7.74. The highest BCUT2D eigenvalue weighted by Gasteiger charge is 2.17. The van der Waals surface area contributed by atoms with E-state index in [-0.39, 0.29) is 10.0 Å². The van der Waals surface area contributed by atoms with Gasteiger partial charge in [0.2, 0.25) is 10.0 Å². The largest absolute Gasteiger partial charge is 0.361 e. The number of thiocarbonyl (C=S) groups is 2. The first-order valence-electron chi connectivity index (χ1n) is 6.90. The summed E-state index contributed by atoms with van der Waals surface area (Å²) in [6.45, 7) is 2.79. The molecule has 0 saturated heterocycles. The van der Waals surface area contributed by atoms with Crippen molar-refractivity contribution in [1.29, 1.82) is 0 Å². The van der Waals surface area contributed by atoms with Crippen molar-refractivity contribution in [2.45, 2.75) is 18.2 Å². The van der Waals surface area contributed by atoms with Crippen molar-refractivity contribution in [3.05, 3.63) is 24.3 Å². The number of nitrogens with zero attached hydrogens (tertiary/aromatic N) is 1. The molecule has 1 aromatic carbocycles. The van der Waals surface area contributed by atoms with Gasteiger partial charge in [0.15, 0.2) is 10.2 Å². The quantitative estimate of drug-likeness (QED) is 0.448. The Morgan fingerprint density at radius 2 is 1.83 bits per heavy atom. The van der Waals surface area contributed by atoms with Crippen molar-refractivity contribution in [3.8, 4) is 0 Å². The fraction of sp³-hybridized carbons (Fsp3) is 0.385. The van der Waals surface area contributed by atoms with E-state index in [2.05, 4.69) is 21.5 Å². The molecule has 7 nitrogen and oxygen atoms in total. The Hall–Kier alpha value is -1.49. The molecular formula is C13H21N5O2S3. The summed E-state index contributed by atoms with van der Waals surface area (Å²) < 4.78 is 25.3. The SMILES string of the molecule is CCCNC(=S)NNC(=S)Nc1cccc(S(=O)(=O)N(C)C)c1. The molecule has 0 fully saturated rings. The van der Waals surface area contributed by atoms with Crippen LogP contribution in [-0.2, 0) is 10.0 Å². The maximum atomic E-state index is 12.1. The molecule has 0 aliphatic rings. The van der Waals surface area contributed by atoms with Crippen LogP contribution in [0.15, 0.2) is 29.2 Å². The summed E-state index contributed by atoms with van der Waals surface area (Å²) in [5, 5.41) is 6.57. The topological polar surface area (TPSA) is 85.5 Å². The number of hydrazine groups is 1. The van der Waals surface area contributed by atoms with Crippen LogP contribution < -0.4 is 21.5 Å². The van der Waals surface area contributed by atoms with Crippen molar-refractivity contribution in [1.82, 2.24) is 20.5 Å². The molecular weight excluding hydrogens is 354 g/mol. The van der Waals surface area contributed by atoms with Gasteiger partial charge >= 0.3 is 0 Å². The van der Waals surface area contributed by atoms with E-state index < -0.39 is 10.0 Å². The average Bonchev–Trinajstić information content (AvgIpc) is 2.51. The van der Waals surface area contributed by atoms with Crippen molar-refractivity contribution >= 4 is 50.4 Å². The van der Waals surface area contributed by atoms with Crippen LogP contribution in [-0.4, -0.2) is 43.6 Å². The Bertz CT molecular complexity index is 661. The molecule has 0 bridgehead atoms. The fourth-order valence-corrected chi connectivity index (χ4v) is 2.77. The third kappa shape index (κ3) is 6.26. The molecule has 0 atom stereocenters. The molecule has 0 aliphatic heterocycles. The molecule has 0 radical (unpaired) electrons. The Kier molecular flexibility index (Phi) is 7.62. The summed E-state index contributed by atoms with van der Waals surface area (Å²) in [5.74, 6) is 0. The third-order valence-electron chi connectivity index (χ3n) is 2.70. The number of nitrogens with one attached hydrogen (secondary N) is 4. The molecule has 128 valence electrons. The van der Waals surface area contributed by atoms with E-state index >= 15 is 0 Å². The molecule has 0 amide bonds. The van der Waals surface area contributed by atoms with Crippen LogP contribution in [0, 0.1) is 0 Å². The summed E-state index contributed by atoms with van der Waals surface area (Å²) in [5.41, 5.74) is 6.02. The summed E-state index contributed by atoms with van der Waals surface area (Å²) in [4.78, 5) is 0.184. The smallest absolute Gasteiger partial charge is 0.242 e. The molecule has 0 saturated carbocycles. The molecule has 10 heteroatoms. The minimum Gasteiger partial charge on any atom is -0.361 e. The number of hydrogen-bond acceptors (Lipinski definition) is 4. The van der Waals surface area contributed by atoms with Crippen molar-refractivity contribution in [2.24, 2.45) is 0 Å². The van der Waals surface area contributed by atoms with Crippen LogP contribution in [0.3, 0.4) is 0 Å². The number of anilines is 1. The summed E-state index contributed by atoms with van der Waals surface area (Å²) >= 11 is 10.2. The minimum absolute atomic E-state index is 0.184. The fourth-order valence-electron chi connectivity index (χ4n) is 1.50. The van der Waals surface area contributed by atoms with Crippen LogP contribution in [0.25, 0.3) is 0 Å². The van der Waals surface area contributed by atoms with Crippen LogP contribution >= 0.6 is 24.4 Å². The molecule has 0 spiro atoms. The van der Waals surface area contributed by atoms with Crippen LogP contribution in [0.1, 0.15) is 13.3 Å². The molecule has 0 aliphatic carbocycles.